The Labute approximate surface area is 90.1 Å². The quantitative estimate of drug-likeness (QED) is 0.671. The minimum Gasteiger partial charge on any atom is -0.284 e. The maximum atomic E-state index is 11.6. The Balaban J connectivity index is 2.58. The van der Waals surface area contributed by atoms with Crippen LogP contribution in [0.2, 0.25) is 0 Å². The third-order valence-corrected chi connectivity index (χ3v) is 4.83. The van der Waals surface area contributed by atoms with Crippen LogP contribution < -0.4 is 0 Å². The van der Waals surface area contributed by atoms with Gasteiger partial charge in [0.25, 0.3) is 0 Å². The lowest BCUT2D eigenvalue weighted by Gasteiger charge is -2.24. The van der Waals surface area contributed by atoms with Crippen molar-refractivity contribution in [2.45, 2.75) is 12.8 Å². The van der Waals surface area contributed by atoms with Gasteiger partial charge in [0.2, 0.25) is 10.0 Å². The fraction of sp³-hybridized carbons (Fsp3) is 1.00. The molecule has 0 atom stereocenters. The molecule has 0 spiro atoms. The lowest BCUT2D eigenvalue weighted by Crippen LogP contribution is -2.38. The number of rotatable bonds is 4. The molecule has 8 heteroatoms. The maximum absolute atomic E-state index is 11.6. The molecule has 1 rings (SSSR count). The summed E-state index contributed by atoms with van der Waals surface area (Å²) >= 11 is 0. The zero-order valence-electron chi connectivity index (χ0n) is 8.55. The summed E-state index contributed by atoms with van der Waals surface area (Å²) in [5.41, 5.74) is 0. The molecule has 1 fully saturated rings. The minimum absolute atomic E-state index is 0.312. The van der Waals surface area contributed by atoms with Crippen molar-refractivity contribution < 1.29 is 21.7 Å². The van der Waals surface area contributed by atoms with Gasteiger partial charge in [0, 0.05) is 12.8 Å². The molecule has 0 aromatic carbocycles. The summed E-state index contributed by atoms with van der Waals surface area (Å²) in [6.07, 6.45) is 2.59. The van der Waals surface area contributed by atoms with Gasteiger partial charge in [-0.1, -0.05) is 4.47 Å². The number of sulfonamides is 1. The molecule has 90 valence electrons. The zero-order chi connectivity index (χ0) is 11.5. The molecule has 1 heterocycles. The van der Waals surface area contributed by atoms with Crippen LogP contribution in [-0.4, -0.2) is 52.2 Å². The molecule has 1 aliphatic heterocycles. The number of hydroxylamine groups is 1. The Morgan fingerprint density at radius 3 is 2.27 bits per heavy atom. The Bertz CT molecular complexity index is 393. The summed E-state index contributed by atoms with van der Waals surface area (Å²) in [6, 6.07) is 0. The van der Waals surface area contributed by atoms with Crippen molar-refractivity contribution in [3.8, 4) is 0 Å². The smallest absolute Gasteiger partial charge is 0.237 e. The van der Waals surface area contributed by atoms with Gasteiger partial charge in [0.05, 0.1) is 18.1 Å². The third kappa shape index (κ3) is 4.45. The van der Waals surface area contributed by atoms with Crippen molar-refractivity contribution in [2.75, 3.05) is 30.9 Å². The van der Waals surface area contributed by atoms with Gasteiger partial charge >= 0.3 is 0 Å². The molecule has 1 aliphatic rings. The monoisotopic (exact) mass is 257 g/mol. The molecular weight excluding hydrogens is 242 g/mol. The molecule has 0 amide bonds. The van der Waals surface area contributed by atoms with E-state index in [0.717, 1.165) is 23.6 Å². The summed E-state index contributed by atoms with van der Waals surface area (Å²) in [5.74, 6) is -0.777. The summed E-state index contributed by atoms with van der Waals surface area (Å²) < 4.78 is 45.7. The Kier molecular flexibility index (Phi) is 4.10. The van der Waals surface area contributed by atoms with Crippen LogP contribution in [-0.2, 0) is 24.7 Å². The van der Waals surface area contributed by atoms with Gasteiger partial charge in [-0.3, -0.25) is 4.84 Å². The topological polar surface area (TPSA) is 80.8 Å². The highest BCUT2D eigenvalue weighted by atomic mass is 32.2. The predicted molar refractivity (Wildman–Crippen MR) is 55.4 cm³/mol. The lowest BCUT2D eigenvalue weighted by molar-refractivity contribution is -0.108. The summed E-state index contributed by atoms with van der Waals surface area (Å²) in [7, 11) is -6.84. The van der Waals surface area contributed by atoms with Gasteiger partial charge in [-0.15, -0.1) is 0 Å². The van der Waals surface area contributed by atoms with E-state index in [2.05, 4.69) is 0 Å². The maximum Gasteiger partial charge on any atom is 0.237 e. The highest BCUT2D eigenvalue weighted by molar-refractivity contribution is 7.93. The molecule has 0 aliphatic carbocycles. The standard InChI is InChI=1S/C7H15NO5S2/c1-14(9,10)6-7-15(11,12)8-4-2-3-5-13-8/h2-7H2,1H3. The average Bonchev–Trinajstić information content (AvgIpc) is 2.16. The molecule has 6 nitrogen and oxygen atoms in total. The first kappa shape index (κ1) is 12.9. The Hall–Kier alpha value is -0.180. The molecule has 0 aromatic heterocycles. The van der Waals surface area contributed by atoms with E-state index in [0.29, 0.717) is 13.2 Å². The van der Waals surface area contributed by atoms with E-state index >= 15 is 0 Å². The summed E-state index contributed by atoms with van der Waals surface area (Å²) in [6.45, 7) is 0.685. The van der Waals surface area contributed by atoms with Gasteiger partial charge in [0.15, 0.2) is 0 Å². The normalized spacial score (nSPS) is 20.3. The van der Waals surface area contributed by atoms with Gasteiger partial charge in [0.1, 0.15) is 9.84 Å². The SMILES string of the molecule is CS(=O)(=O)CCS(=O)(=O)N1CCCCO1. The molecule has 15 heavy (non-hydrogen) atoms. The largest absolute Gasteiger partial charge is 0.284 e. The second-order valence-corrected chi connectivity index (χ2v) is 7.75. The van der Waals surface area contributed by atoms with Gasteiger partial charge in [-0.2, -0.15) is 0 Å². The first-order valence-corrected chi connectivity index (χ1v) is 8.29. The first-order chi connectivity index (χ1) is 6.81. The van der Waals surface area contributed by atoms with Crippen LogP contribution in [0.4, 0.5) is 0 Å². The minimum atomic E-state index is -3.58. The fourth-order valence-corrected chi connectivity index (χ4v) is 4.05. The third-order valence-electron chi connectivity index (χ3n) is 1.99. The summed E-state index contributed by atoms with van der Waals surface area (Å²) in [5, 5.41) is 0. The van der Waals surface area contributed by atoms with Gasteiger partial charge < -0.3 is 0 Å². The van der Waals surface area contributed by atoms with E-state index in [9.17, 15) is 16.8 Å². The van der Waals surface area contributed by atoms with Crippen molar-refractivity contribution in [3.05, 3.63) is 0 Å². The second kappa shape index (κ2) is 4.77. The van der Waals surface area contributed by atoms with Crippen LogP contribution in [0.15, 0.2) is 0 Å². The van der Waals surface area contributed by atoms with Gasteiger partial charge in [-0.25, -0.2) is 16.8 Å². The first-order valence-electron chi connectivity index (χ1n) is 4.62. The van der Waals surface area contributed by atoms with E-state index in [1.807, 2.05) is 0 Å². The number of hydrogen-bond acceptors (Lipinski definition) is 5. The fourth-order valence-electron chi connectivity index (χ4n) is 1.15. The van der Waals surface area contributed by atoms with E-state index in [1.165, 1.54) is 0 Å². The van der Waals surface area contributed by atoms with Crippen LogP contribution in [0, 0.1) is 0 Å². The summed E-state index contributed by atoms with van der Waals surface area (Å²) in [4.78, 5) is 4.96. The van der Waals surface area contributed by atoms with Crippen LogP contribution in [0.3, 0.4) is 0 Å². The molecule has 0 radical (unpaired) electrons. The number of sulfone groups is 1. The highest BCUT2D eigenvalue weighted by Gasteiger charge is 2.26. The van der Waals surface area contributed by atoms with E-state index in [-0.39, 0.29) is 5.75 Å². The zero-order valence-corrected chi connectivity index (χ0v) is 10.2. The number of hydrogen-bond donors (Lipinski definition) is 0. The molecule has 0 saturated carbocycles. The molecule has 0 aromatic rings. The van der Waals surface area contributed by atoms with Crippen LogP contribution in [0.5, 0.6) is 0 Å². The van der Waals surface area contributed by atoms with Crippen molar-refractivity contribution in [1.29, 1.82) is 0 Å². The second-order valence-electron chi connectivity index (χ2n) is 3.51. The predicted octanol–water partition coefficient (Wildman–Crippen LogP) is -0.612. The average molecular weight is 257 g/mol. The van der Waals surface area contributed by atoms with Crippen molar-refractivity contribution >= 4 is 19.9 Å². The van der Waals surface area contributed by atoms with E-state index < -0.39 is 25.6 Å². The van der Waals surface area contributed by atoms with E-state index in [4.69, 9.17) is 4.84 Å². The lowest BCUT2D eigenvalue weighted by atomic mass is 10.3. The van der Waals surface area contributed by atoms with Gasteiger partial charge in [-0.05, 0) is 12.8 Å². The Morgan fingerprint density at radius 1 is 1.13 bits per heavy atom. The molecule has 0 bridgehead atoms. The molecular formula is C7H15NO5S2. The molecule has 0 unspecified atom stereocenters. The Morgan fingerprint density at radius 2 is 1.80 bits per heavy atom. The highest BCUT2D eigenvalue weighted by Crippen LogP contribution is 2.11. The van der Waals surface area contributed by atoms with Crippen molar-refractivity contribution in [1.82, 2.24) is 4.47 Å². The molecule has 1 saturated heterocycles. The van der Waals surface area contributed by atoms with Crippen molar-refractivity contribution in [2.24, 2.45) is 0 Å². The van der Waals surface area contributed by atoms with Crippen LogP contribution >= 0.6 is 0 Å². The molecule has 0 N–H and O–H groups in total. The number of nitrogens with zero attached hydrogens (tertiary/aromatic N) is 1. The van der Waals surface area contributed by atoms with Crippen molar-refractivity contribution in [3.63, 3.8) is 0 Å². The van der Waals surface area contributed by atoms with Crippen LogP contribution in [0.1, 0.15) is 12.8 Å². The van der Waals surface area contributed by atoms with E-state index in [1.54, 1.807) is 0 Å². The van der Waals surface area contributed by atoms with Crippen LogP contribution in [0.25, 0.3) is 0 Å².